The van der Waals surface area contributed by atoms with Crippen LogP contribution in [0.2, 0.25) is 0 Å². The van der Waals surface area contributed by atoms with Crippen molar-refractivity contribution >= 4 is 17.6 Å². The zero-order chi connectivity index (χ0) is 27.6. The molecule has 12 heteroatoms. The molecule has 0 saturated heterocycles. The quantitative estimate of drug-likeness (QED) is 0.371. The molecule has 0 bridgehead atoms. The third-order valence-corrected chi connectivity index (χ3v) is 7.60. The number of nitrogens with one attached hydrogen (secondary N) is 2. The zero-order valence-electron chi connectivity index (χ0n) is 22.4. The van der Waals surface area contributed by atoms with Gasteiger partial charge in [0.1, 0.15) is 0 Å². The summed E-state index contributed by atoms with van der Waals surface area (Å²) < 4.78 is 29.7. The molecule has 2 N–H and O–H groups in total. The van der Waals surface area contributed by atoms with Gasteiger partial charge >= 0.3 is 0 Å². The van der Waals surface area contributed by atoms with Crippen molar-refractivity contribution in [2.75, 3.05) is 0 Å². The fourth-order valence-corrected chi connectivity index (χ4v) is 5.32. The molecule has 2 aliphatic carbocycles. The second-order valence-corrected chi connectivity index (χ2v) is 10.8. The van der Waals surface area contributed by atoms with Gasteiger partial charge in [0.25, 0.3) is 5.91 Å². The zero-order valence-corrected chi connectivity index (χ0v) is 22.4. The molecule has 3 aromatic heterocycles. The lowest BCUT2D eigenvalue weighted by Crippen LogP contribution is -2.37. The first-order chi connectivity index (χ1) is 18.8. The van der Waals surface area contributed by atoms with Crippen LogP contribution in [-0.2, 0) is 11.3 Å². The van der Waals surface area contributed by atoms with Gasteiger partial charge in [-0.1, -0.05) is 13.8 Å². The van der Waals surface area contributed by atoms with Gasteiger partial charge in [-0.25, -0.2) is 18.7 Å². The van der Waals surface area contributed by atoms with Gasteiger partial charge in [0.2, 0.25) is 17.6 Å². The van der Waals surface area contributed by atoms with E-state index in [2.05, 4.69) is 20.8 Å². The molecule has 0 radical (unpaired) electrons. The molecular formula is C27H36F2N8O2. The van der Waals surface area contributed by atoms with Crippen LogP contribution in [0.3, 0.4) is 0 Å². The van der Waals surface area contributed by atoms with E-state index in [1.54, 1.807) is 10.6 Å². The molecule has 2 fully saturated rings. The molecule has 0 spiro atoms. The highest BCUT2D eigenvalue weighted by Crippen LogP contribution is 2.42. The summed E-state index contributed by atoms with van der Waals surface area (Å²) in [5.41, 5.74) is 1.48. The van der Waals surface area contributed by atoms with E-state index in [0.717, 1.165) is 31.4 Å². The van der Waals surface area contributed by atoms with E-state index in [0.29, 0.717) is 30.4 Å². The standard InChI is InChI=1S/C27H36F2N8O2/c1-3-5-22(38)33-23(17-6-7-17)19-10-14-36-16-21(32-26(36)31-19)24(18-8-11-27(28,29)12-9-18)34-25(39)20-15-30-37(35-20)13-4-2/h10,14-18,23-24H,3-9,11-13H2,1-2H3,(H,33,38)(H,34,39)/t23-,24+/m1/s1. The third-order valence-electron chi connectivity index (χ3n) is 7.60. The highest BCUT2D eigenvalue weighted by molar-refractivity contribution is 5.92. The Balaban J connectivity index is 1.41. The Morgan fingerprint density at radius 1 is 1.03 bits per heavy atom. The van der Waals surface area contributed by atoms with Crippen molar-refractivity contribution in [1.82, 2.24) is 40.0 Å². The number of alkyl halides is 2. The number of hydrogen-bond acceptors (Lipinski definition) is 6. The molecule has 0 aliphatic heterocycles. The number of carbonyl (C=O) groups excluding carboxylic acids is 2. The Labute approximate surface area is 226 Å². The highest BCUT2D eigenvalue weighted by atomic mass is 19.3. The molecular weight excluding hydrogens is 506 g/mol. The Hall–Kier alpha value is -3.44. The summed E-state index contributed by atoms with van der Waals surface area (Å²) in [5.74, 6) is -2.52. The van der Waals surface area contributed by atoms with Crippen LogP contribution in [0.25, 0.3) is 5.78 Å². The summed E-state index contributed by atoms with van der Waals surface area (Å²) in [6, 6.07) is 1.13. The van der Waals surface area contributed by atoms with Crippen molar-refractivity contribution in [3.8, 4) is 0 Å². The van der Waals surface area contributed by atoms with Crippen molar-refractivity contribution in [1.29, 1.82) is 0 Å². The number of carbonyl (C=O) groups is 2. The summed E-state index contributed by atoms with van der Waals surface area (Å²) >= 11 is 0. The summed E-state index contributed by atoms with van der Waals surface area (Å²) in [6.45, 7) is 4.56. The molecule has 210 valence electrons. The third kappa shape index (κ3) is 6.42. The number of aryl methyl sites for hydroxylation is 1. The van der Waals surface area contributed by atoms with Crippen molar-refractivity contribution in [2.45, 2.75) is 96.2 Å². The van der Waals surface area contributed by atoms with Gasteiger partial charge in [0.05, 0.1) is 36.2 Å². The molecule has 3 aromatic rings. The summed E-state index contributed by atoms with van der Waals surface area (Å²) in [5, 5.41) is 14.5. The molecule has 0 unspecified atom stereocenters. The molecule has 2 saturated carbocycles. The number of rotatable bonds is 11. The smallest absolute Gasteiger partial charge is 0.274 e. The number of nitrogens with zero attached hydrogens (tertiary/aromatic N) is 6. The van der Waals surface area contributed by atoms with Crippen LogP contribution in [0.5, 0.6) is 0 Å². The van der Waals surface area contributed by atoms with E-state index >= 15 is 0 Å². The van der Waals surface area contributed by atoms with Crippen molar-refractivity contribution in [2.24, 2.45) is 11.8 Å². The maximum atomic E-state index is 14.0. The lowest BCUT2D eigenvalue weighted by molar-refractivity contribution is -0.122. The van der Waals surface area contributed by atoms with E-state index in [4.69, 9.17) is 9.97 Å². The Morgan fingerprint density at radius 3 is 2.41 bits per heavy atom. The maximum Gasteiger partial charge on any atom is 0.274 e. The molecule has 10 nitrogen and oxygen atoms in total. The number of amides is 2. The second-order valence-electron chi connectivity index (χ2n) is 10.8. The van der Waals surface area contributed by atoms with Crippen LogP contribution < -0.4 is 10.6 Å². The van der Waals surface area contributed by atoms with E-state index in [1.165, 1.54) is 11.0 Å². The number of halogens is 2. The van der Waals surface area contributed by atoms with Crippen LogP contribution in [0.4, 0.5) is 8.78 Å². The fourth-order valence-electron chi connectivity index (χ4n) is 5.32. The van der Waals surface area contributed by atoms with Gasteiger partial charge in [0.15, 0.2) is 5.69 Å². The van der Waals surface area contributed by atoms with Crippen molar-refractivity contribution in [3.63, 3.8) is 0 Å². The molecule has 2 atom stereocenters. The summed E-state index contributed by atoms with van der Waals surface area (Å²) in [6.07, 6.45) is 9.26. The minimum atomic E-state index is -2.69. The molecule has 2 amide bonds. The lowest BCUT2D eigenvalue weighted by atomic mass is 9.81. The van der Waals surface area contributed by atoms with E-state index in [9.17, 15) is 18.4 Å². The van der Waals surface area contributed by atoms with Gasteiger partial charge in [0, 0.05) is 31.7 Å². The first-order valence-electron chi connectivity index (χ1n) is 14.0. The van der Waals surface area contributed by atoms with E-state index in [-0.39, 0.29) is 49.2 Å². The Kier molecular flexibility index (Phi) is 7.90. The summed E-state index contributed by atoms with van der Waals surface area (Å²) in [7, 11) is 0. The number of fused-ring (bicyclic) bond motifs is 1. The van der Waals surface area contributed by atoms with Gasteiger partial charge in [-0.3, -0.25) is 14.0 Å². The van der Waals surface area contributed by atoms with Crippen LogP contribution in [0, 0.1) is 11.8 Å². The first kappa shape index (κ1) is 27.1. The van der Waals surface area contributed by atoms with Gasteiger partial charge in [-0.2, -0.15) is 9.90 Å². The normalized spacial score (nSPS) is 19.1. The molecule has 5 rings (SSSR count). The maximum absolute atomic E-state index is 14.0. The van der Waals surface area contributed by atoms with E-state index < -0.39 is 17.9 Å². The molecule has 0 aromatic carbocycles. The minimum Gasteiger partial charge on any atom is -0.347 e. The predicted molar refractivity (Wildman–Crippen MR) is 139 cm³/mol. The van der Waals surface area contributed by atoms with E-state index in [1.807, 2.05) is 26.1 Å². The summed E-state index contributed by atoms with van der Waals surface area (Å²) in [4.78, 5) is 36.4. The highest BCUT2D eigenvalue weighted by Gasteiger charge is 2.40. The first-order valence-corrected chi connectivity index (χ1v) is 14.0. The van der Waals surface area contributed by atoms with Crippen LogP contribution in [0.1, 0.15) is 106 Å². The van der Waals surface area contributed by atoms with Crippen molar-refractivity contribution in [3.05, 3.63) is 41.7 Å². The second kappa shape index (κ2) is 11.4. The lowest BCUT2D eigenvalue weighted by Gasteiger charge is -2.33. The predicted octanol–water partition coefficient (Wildman–Crippen LogP) is 4.39. The molecule has 3 heterocycles. The number of hydrogen-bond donors (Lipinski definition) is 2. The minimum absolute atomic E-state index is 0.00727. The molecule has 39 heavy (non-hydrogen) atoms. The Bertz CT molecular complexity index is 1310. The monoisotopic (exact) mass is 542 g/mol. The van der Waals surface area contributed by atoms with Crippen molar-refractivity contribution < 1.29 is 18.4 Å². The van der Waals surface area contributed by atoms with Gasteiger partial charge in [-0.05, 0) is 56.4 Å². The topological polar surface area (TPSA) is 119 Å². The largest absolute Gasteiger partial charge is 0.347 e. The average Bonchev–Trinajstić information content (AvgIpc) is 3.48. The fraction of sp³-hybridized carbons (Fsp3) is 0.630. The van der Waals surface area contributed by atoms with Crippen LogP contribution in [-0.4, -0.2) is 47.1 Å². The molecule has 2 aliphatic rings. The number of imidazole rings is 1. The van der Waals surface area contributed by atoms with Gasteiger partial charge in [-0.15, -0.1) is 5.10 Å². The van der Waals surface area contributed by atoms with Gasteiger partial charge < -0.3 is 10.6 Å². The SMILES string of the molecule is CCCC(=O)N[C@@H](c1ccn2cc([C@@H](NC(=O)c3cnn(CCC)n3)C3CCC(F)(F)CC3)nc2n1)C1CC1. The Morgan fingerprint density at radius 2 is 1.72 bits per heavy atom. The number of aromatic nitrogens is 6. The van der Waals surface area contributed by atoms with Crippen LogP contribution >= 0.6 is 0 Å². The average molecular weight is 543 g/mol. The van der Waals surface area contributed by atoms with Crippen LogP contribution in [0.15, 0.2) is 24.7 Å².